The second-order valence-corrected chi connectivity index (χ2v) is 5.12. The van der Waals surface area contributed by atoms with Crippen LogP contribution in [0.4, 0.5) is 0 Å². The van der Waals surface area contributed by atoms with Crippen molar-refractivity contribution in [1.82, 2.24) is 14.8 Å². The molecular weight excluding hydrogens is 254 g/mol. The Morgan fingerprint density at radius 2 is 2.22 bits per heavy atom. The van der Waals surface area contributed by atoms with Gasteiger partial charge in [0.1, 0.15) is 18.2 Å². The maximum absolute atomic E-state index is 11.0. The molecule has 0 aliphatic carbocycles. The third-order valence-corrected chi connectivity index (χ3v) is 3.57. The zero-order chi connectivity index (χ0) is 13.3. The van der Waals surface area contributed by atoms with E-state index >= 15 is 0 Å². The van der Waals surface area contributed by atoms with Gasteiger partial charge in [-0.05, 0) is 19.9 Å². The lowest BCUT2D eigenvalue weighted by Crippen LogP contribution is -2.05. The fraction of sp³-hybridized carbons (Fsp3) is 0.364. The molecule has 7 heteroatoms. The first kappa shape index (κ1) is 12.6. The van der Waals surface area contributed by atoms with Crippen molar-refractivity contribution in [1.29, 1.82) is 0 Å². The molecule has 0 spiro atoms. The first-order chi connectivity index (χ1) is 8.49. The molecule has 0 amide bonds. The van der Waals surface area contributed by atoms with E-state index in [1.807, 2.05) is 20.9 Å². The highest BCUT2D eigenvalue weighted by Gasteiger charge is 2.16. The van der Waals surface area contributed by atoms with Gasteiger partial charge in [0, 0.05) is 11.9 Å². The highest BCUT2D eigenvalue weighted by atomic mass is 32.1. The van der Waals surface area contributed by atoms with Gasteiger partial charge in [0.25, 0.3) is 0 Å². The fourth-order valence-electron chi connectivity index (χ4n) is 1.47. The summed E-state index contributed by atoms with van der Waals surface area (Å²) in [4.78, 5) is 12.1. The van der Waals surface area contributed by atoms with Gasteiger partial charge < -0.3 is 14.4 Å². The molecule has 0 aliphatic heterocycles. The Kier molecular flexibility index (Phi) is 3.33. The number of nitrogens with zero attached hydrogens (tertiary/aromatic N) is 3. The molecule has 0 aromatic carbocycles. The molecule has 1 N–H and O–H groups in total. The highest BCUT2D eigenvalue weighted by Crippen LogP contribution is 2.29. The molecule has 96 valence electrons. The summed E-state index contributed by atoms with van der Waals surface area (Å²) in [6, 6.07) is 1.72. The smallest absolute Gasteiger partial charge is 0.349 e. The number of ether oxygens (including phenoxy) is 1. The van der Waals surface area contributed by atoms with E-state index in [-0.39, 0.29) is 11.5 Å². The van der Waals surface area contributed by atoms with Crippen LogP contribution < -0.4 is 4.74 Å². The van der Waals surface area contributed by atoms with Crippen LogP contribution in [0.25, 0.3) is 0 Å². The van der Waals surface area contributed by atoms with Crippen LogP contribution in [-0.4, -0.2) is 25.8 Å². The molecule has 0 unspecified atom stereocenters. The summed E-state index contributed by atoms with van der Waals surface area (Å²) >= 11 is 1.20. The minimum Gasteiger partial charge on any atom is -0.484 e. The van der Waals surface area contributed by atoms with Crippen LogP contribution in [0.15, 0.2) is 6.07 Å². The maximum Gasteiger partial charge on any atom is 0.349 e. The Morgan fingerprint density at radius 3 is 2.78 bits per heavy atom. The van der Waals surface area contributed by atoms with Crippen LogP contribution in [0.2, 0.25) is 0 Å². The van der Waals surface area contributed by atoms with Crippen molar-refractivity contribution in [2.24, 2.45) is 7.05 Å². The Morgan fingerprint density at radius 1 is 1.50 bits per heavy atom. The van der Waals surface area contributed by atoms with E-state index in [4.69, 9.17) is 9.84 Å². The van der Waals surface area contributed by atoms with Gasteiger partial charge >= 0.3 is 5.97 Å². The van der Waals surface area contributed by atoms with E-state index in [2.05, 4.69) is 10.2 Å². The number of hydrogen-bond acceptors (Lipinski definition) is 5. The number of aryl methyl sites for hydroxylation is 2. The van der Waals surface area contributed by atoms with Crippen LogP contribution in [0.1, 0.15) is 26.2 Å². The number of aromatic carboxylic acids is 1. The van der Waals surface area contributed by atoms with Crippen LogP contribution in [-0.2, 0) is 13.7 Å². The summed E-state index contributed by atoms with van der Waals surface area (Å²) in [5.41, 5.74) is 0. The number of rotatable bonds is 4. The van der Waals surface area contributed by atoms with E-state index in [0.29, 0.717) is 11.6 Å². The third kappa shape index (κ3) is 2.35. The standard InChI is InChI=1S/C11H13N3O3S/c1-6-4-8(10(18-6)11(15)16)17-5-9-13-12-7(2)14(9)3/h4H,5H2,1-3H3,(H,15,16). The van der Waals surface area contributed by atoms with Crippen molar-refractivity contribution in [3.63, 3.8) is 0 Å². The Balaban J connectivity index is 2.15. The van der Waals surface area contributed by atoms with Crippen molar-refractivity contribution < 1.29 is 14.6 Å². The summed E-state index contributed by atoms with van der Waals surface area (Å²) in [7, 11) is 1.84. The number of carboxylic acids is 1. The minimum atomic E-state index is -0.975. The van der Waals surface area contributed by atoms with Crippen molar-refractivity contribution >= 4 is 17.3 Å². The van der Waals surface area contributed by atoms with E-state index in [9.17, 15) is 4.79 Å². The molecular formula is C11H13N3O3S. The number of thiophene rings is 1. The van der Waals surface area contributed by atoms with Gasteiger partial charge in [0.15, 0.2) is 10.7 Å². The summed E-state index contributed by atoms with van der Waals surface area (Å²) in [5.74, 6) is 0.851. The average Bonchev–Trinajstić information content (AvgIpc) is 2.82. The molecule has 2 heterocycles. The summed E-state index contributed by atoms with van der Waals surface area (Å²) in [6.45, 7) is 3.89. The SMILES string of the molecule is Cc1cc(OCc2nnc(C)n2C)c(C(=O)O)s1. The molecule has 0 fully saturated rings. The average molecular weight is 267 g/mol. The van der Waals surface area contributed by atoms with Crippen LogP contribution in [0, 0.1) is 13.8 Å². The summed E-state index contributed by atoms with van der Waals surface area (Å²) in [5, 5.41) is 16.9. The molecule has 0 bridgehead atoms. The first-order valence-electron chi connectivity index (χ1n) is 5.30. The number of carbonyl (C=O) groups is 1. The molecule has 18 heavy (non-hydrogen) atoms. The summed E-state index contributed by atoms with van der Waals surface area (Å²) in [6.07, 6.45) is 0. The van der Waals surface area contributed by atoms with Gasteiger partial charge in [-0.2, -0.15) is 0 Å². The maximum atomic E-state index is 11.0. The predicted molar refractivity (Wildman–Crippen MR) is 66.1 cm³/mol. The topological polar surface area (TPSA) is 77.2 Å². The Labute approximate surface area is 108 Å². The molecule has 0 atom stereocenters. The van der Waals surface area contributed by atoms with E-state index < -0.39 is 5.97 Å². The molecule has 0 aliphatic rings. The van der Waals surface area contributed by atoms with Gasteiger partial charge in [-0.15, -0.1) is 21.5 Å². The van der Waals surface area contributed by atoms with E-state index in [1.54, 1.807) is 10.6 Å². The molecule has 2 rings (SSSR count). The fourth-order valence-corrected chi connectivity index (χ4v) is 2.26. The van der Waals surface area contributed by atoms with Crippen molar-refractivity contribution in [2.75, 3.05) is 0 Å². The molecule has 2 aromatic heterocycles. The molecule has 0 saturated heterocycles. The van der Waals surface area contributed by atoms with E-state index in [1.165, 1.54) is 11.3 Å². The van der Waals surface area contributed by atoms with E-state index in [0.717, 1.165) is 10.7 Å². The monoisotopic (exact) mass is 267 g/mol. The zero-order valence-corrected chi connectivity index (χ0v) is 11.1. The quantitative estimate of drug-likeness (QED) is 0.913. The number of aromatic nitrogens is 3. The molecule has 2 aromatic rings. The first-order valence-corrected chi connectivity index (χ1v) is 6.12. The number of hydrogen-bond donors (Lipinski definition) is 1. The van der Waals surface area contributed by atoms with Crippen LogP contribution in [0.3, 0.4) is 0 Å². The Hall–Kier alpha value is -1.89. The zero-order valence-electron chi connectivity index (χ0n) is 10.3. The van der Waals surface area contributed by atoms with Gasteiger partial charge in [0.2, 0.25) is 0 Å². The molecule has 6 nitrogen and oxygen atoms in total. The second-order valence-electron chi connectivity index (χ2n) is 3.87. The van der Waals surface area contributed by atoms with Crippen molar-refractivity contribution in [2.45, 2.75) is 20.5 Å². The van der Waals surface area contributed by atoms with Crippen molar-refractivity contribution in [3.8, 4) is 5.75 Å². The van der Waals surface area contributed by atoms with Gasteiger partial charge in [-0.25, -0.2) is 4.79 Å². The third-order valence-electron chi connectivity index (χ3n) is 2.55. The largest absolute Gasteiger partial charge is 0.484 e. The van der Waals surface area contributed by atoms with Crippen LogP contribution in [0.5, 0.6) is 5.75 Å². The van der Waals surface area contributed by atoms with Crippen LogP contribution >= 0.6 is 11.3 Å². The normalized spacial score (nSPS) is 10.6. The summed E-state index contributed by atoms with van der Waals surface area (Å²) < 4.78 is 7.31. The Bertz CT molecular complexity index is 588. The molecule has 0 radical (unpaired) electrons. The van der Waals surface area contributed by atoms with Crippen molar-refractivity contribution in [3.05, 3.63) is 27.5 Å². The lowest BCUT2D eigenvalue weighted by molar-refractivity contribution is 0.0697. The minimum absolute atomic E-state index is 0.202. The second kappa shape index (κ2) is 4.77. The number of carboxylic acid groups (broad SMARTS) is 1. The molecule has 0 saturated carbocycles. The lowest BCUT2D eigenvalue weighted by Gasteiger charge is -2.05. The lowest BCUT2D eigenvalue weighted by atomic mass is 10.4. The van der Waals surface area contributed by atoms with Gasteiger partial charge in [-0.3, -0.25) is 0 Å². The predicted octanol–water partition coefficient (Wildman–Crippen LogP) is 1.77. The van der Waals surface area contributed by atoms with Gasteiger partial charge in [-0.1, -0.05) is 0 Å². The van der Waals surface area contributed by atoms with Gasteiger partial charge in [0.05, 0.1) is 0 Å². The highest BCUT2D eigenvalue weighted by molar-refractivity contribution is 7.14.